The Bertz CT molecular complexity index is 1380. The van der Waals surface area contributed by atoms with Crippen molar-refractivity contribution in [1.82, 2.24) is 15.5 Å². The average molecular weight is 598 g/mol. The monoisotopic (exact) mass is 597 g/mol. The number of hydrogen-bond donors (Lipinski definition) is 3. The van der Waals surface area contributed by atoms with Crippen LogP contribution in [0, 0.1) is 25.5 Å². The summed E-state index contributed by atoms with van der Waals surface area (Å²) in [5, 5.41) is 16.4. The Morgan fingerprint density at radius 3 is 2.31 bits per heavy atom. The van der Waals surface area contributed by atoms with Crippen LogP contribution >= 0.6 is 11.8 Å². The van der Waals surface area contributed by atoms with Gasteiger partial charge in [-0.2, -0.15) is 0 Å². The first-order valence-electron chi connectivity index (χ1n) is 13.4. The minimum absolute atomic E-state index is 0.129. The summed E-state index contributed by atoms with van der Waals surface area (Å²) in [6.45, 7) is 3.02. The molecule has 3 atom stereocenters. The molecular formula is C31H33F2N3O5S. The number of halogens is 2. The molecule has 0 spiro atoms. The number of thioether (sulfide) groups is 1. The van der Waals surface area contributed by atoms with Gasteiger partial charge in [0.25, 0.3) is 11.8 Å². The summed E-state index contributed by atoms with van der Waals surface area (Å²) in [6, 6.07) is 16.1. The molecule has 42 heavy (non-hydrogen) atoms. The van der Waals surface area contributed by atoms with E-state index in [2.05, 4.69) is 10.6 Å². The second-order valence-electron chi connectivity index (χ2n) is 10.1. The van der Waals surface area contributed by atoms with E-state index in [0.717, 1.165) is 28.8 Å². The van der Waals surface area contributed by atoms with Crippen LogP contribution in [0.25, 0.3) is 0 Å². The summed E-state index contributed by atoms with van der Waals surface area (Å²) >= 11 is 1.31. The summed E-state index contributed by atoms with van der Waals surface area (Å²) in [4.78, 5) is 40.6. The number of nitrogens with zero attached hydrogens (tertiary/aromatic N) is 1. The maximum Gasteiger partial charge on any atom is 0.258 e. The van der Waals surface area contributed by atoms with Gasteiger partial charge in [0.15, 0.2) is 12.7 Å². The Hall–Kier alpha value is -3.96. The van der Waals surface area contributed by atoms with E-state index < -0.39 is 54.1 Å². The number of rotatable bonds is 11. The van der Waals surface area contributed by atoms with Gasteiger partial charge < -0.3 is 25.4 Å². The predicted octanol–water partition coefficient (Wildman–Crippen LogP) is 3.27. The normalized spacial score (nSPS) is 16.0. The molecule has 8 nitrogen and oxygen atoms in total. The average Bonchev–Trinajstić information content (AvgIpc) is 3.46. The van der Waals surface area contributed by atoms with Crippen molar-refractivity contribution in [1.29, 1.82) is 0 Å². The number of para-hydroxylation sites is 1. The van der Waals surface area contributed by atoms with E-state index in [0.29, 0.717) is 5.75 Å². The fraction of sp³-hybridized carbons (Fsp3) is 0.323. The molecular weight excluding hydrogens is 564 g/mol. The molecule has 0 aliphatic carbocycles. The zero-order valence-corrected chi connectivity index (χ0v) is 24.1. The predicted molar refractivity (Wildman–Crippen MR) is 156 cm³/mol. The lowest BCUT2D eigenvalue weighted by atomic mass is 9.99. The molecule has 1 aliphatic heterocycles. The lowest BCUT2D eigenvalue weighted by Gasteiger charge is -2.30. The topological polar surface area (TPSA) is 108 Å². The van der Waals surface area contributed by atoms with Crippen molar-refractivity contribution in [3.05, 3.63) is 101 Å². The molecule has 0 bridgehead atoms. The zero-order chi connectivity index (χ0) is 30.2. The standard InChI is InChI=1S/C31H33F2N3O5S/c1-19-8-6-9-20(2)29(19)41-16-27(37)35-25(14-21-10-4-3-5-11-21)28(38)31(40)36-18-42-17-26(36)30(39)34-15-22-23(32)12-7-13-24(22)33/h3-13,25-26,28,38H,14-18H2,1-2H3,(H,34,39)(H,35,37)/t25-,26-,28-/m0/s1. The quantitative estimate of drug-likeness (QED) is 0.313. The van der Waals surface area contributed by atoms with Crippen LogP contribution in [-0.2, 0) is 27.3 Å². The highest BCUT2D eigenvalue weighted by Gasteiger charge is 2.40. The molecule has 222 valence electrons. The van der Waals surface area contributed by atoms with E-state index in [1.165, 1.54) is 22.7 Å². The fourth-order valence-electron chi connectivity index (χ4n) is 4.74. The van der Waals surface area contributed by atoms with E-state index in [-0.39, 0.29) is 30.2 Å². The van der Waals surface area contributed by atoms with E-state index in [1.54, 1.807) is 0 Å². The van der Waals surface area contributed by atoms with Crippen LogP contribution in [-0.4, -0.2) is 64.2 Å². The molecule has 4 rings (SSSR count). The van der Waals surface area contributed by atoms with Crippen molar-refractivity contribution < 1.29 is 33.0 Å². The molecule has 1 aliphatic rings. The van der Waals surface area contributed by atoms with Crippen molar-refractivity contribution in [3.8, 4) is 5.75 Å². The largest absolute Gasteiger partial charge is 0.483 e. The van der Waals surface area contributed by atoms with Crippen molar-refractivity contribution >= 4 is 29.5 Å². The Kier molecular flexibility index (Phi) is 10.5. The maximum absolute atomic E-state index is 14.0. The number of carbonyl (C=O) groups excluding carboxylic acids is 3. The van der Waals surface area contributed by atoms with Crippen LogP contribution in [0.1, 0.15) is 22.3 Å². The van der Waals surface area contributed by atoms with Gasteiger partial charge in [-0.25, -0.2) is 8.78 Å². The fourth-order valence-corrected chi connectivity index (χ4v) is 5.90. The van der Waals surface area contributed by atoms with Gasteiger partial charge in [0.2, 0.25) is 5.91 Å². The van der Waals surface area contributed by atoms with Gasteiger partial charge in [0, 0.05) is 17.9 Å². The molecule has 1 saturated heterocycles. The van der Waals surface area contributed by atoms with Gasteiger partial charge in [0.1, 0.15) is 23.4 Å². The number of aliphatic hydroxyl groups excluding tert-OH is 1. The third-order valence-corrected chi connectivity index (χ3v) is 8.02. The van der Waals surface area contributed by atoms with Gasteiger partial charge in [-0.3, -0.25) is 14.4 Å². The first kappa shape index (κ1) is 31.0. The lowest BCUT2D eigenvalue weighted by Crippen LogP contribution is -2.56. The smallest absolute Gasteiger partial charge is 0.258 e. The molecule has 0 radical (unpaired) electrons. The highest BCUT2D eigenvalue weighted by Crippen LogP contribution is 2.24. The SMILES string of the molecule is Cc1cccc(C)c1OCC(=O)N[C@@H](Cc1ccccc1)[C@H](O)C(=O)N1CSC[C@H]1C(=O)NCc1c(F)cccc1F. The maximum atomic E-state index is 14.0. The number of aliphatic hydroxyl groups is 1. The number of ether oxygens (including phenoxy) is 1. The zero-order valence-electron chi connectivity index (χ0n) is 23.3. The molecule has 0 unspecified atom stereocenters. The molecule has 3 aromatic carbocycles. The highest BCUT2D eigenvalue weighted by molar-refractivity contribution is 7.99. The number of benzene rings is 3. The molecule has 0 aromatic heterocycles. The summed E-state index contributed by atoms with van der Waals surface area (Å²) < 4.78 is 33.8. The minimum Gasteiger partial charge on any atom is -0.483 e. The second-order valence-corrected chi connectivity index (χ2v) is 11.1. The summed E-state index contributed by atoms with van der Waals surface area (Å²) in [5.41, 5.74) is 2.23. The molecule has 3 amide bonds. The number of nitrogens with one attached hydrogen (secondary N) is 2. The Morgan fingerprint density at radius 2 is 1.64 bits per heavy atom. The Labute approximate surface area is 247 Å². The van der Waals surface area contributed by atoms with Crippen LogP contribution in [0.3, 0.4) is 0 Å². The van der Waals surface area contributed by atoms with Crippen LogP contribution in [0.15, 0.2) is 66.7 Å². The molecule has 3 N–H and O–H groups in total. The number of amides is 3. The second kappa shape index (κ2) is 14.3. The van der Waals surface area contributed by atoms with Crippen LogP contribution in [0.4, 0.5) is 8.78 Å². The number of hydrogen-bond acceptors (Lipinski definition) is 6. The van der Waals surface area contributed by atoms with Crippen molar-refractivity contribution in [2.45, 2.75) is 45.0 Å². The number of aryl methyl sites for hydroxylation is 2. The summed E-state index contributed by atoms with van der Waals surface area (Å²) in [6.07, 6.45) is -1.53. The Balaban J connectivity index is 1.44. The first-order valence-corrected chi connectivity index (χ1v) is 14.6. The first-order chi connectivity index (χ1) is 20.2. The minimum atomic E-state index is -1.67. The van der Waals surface area contributed by atoms with Crippen molar-refractivity contribution in [3.63, 3.8) is 0 Å². The molecule has 0 saturated carbocycles. The molecule has 11 heteroatoms. The summed E-state index contributed by atoms with van der Waals surface area (Å²) in [5.74, 6) is -2.50. The van der Waals surface area contributed by atoms with Gasteiger partial charge in [-0.05, 0) is 49.1 Å². The third-order valence-electron chi connectivity index (χ3n) is 7.00. The lowest BCUT2D eigenvalue weighted by molar-refractivity contribution is -0.146. The molecule has 1 fully saturated rings. The van der Waals surface area contributed by atoms with E-state index in [9.17, 15) is 28.3 Å². The van der Waals surface area contributed by atoms with Crippen LogP contribution < -0.4 is 15.4 Å². The van der Waals surface area contributed by atoms with E-state index in [1.807, 2.05) is 62.4 Å². The van der Waals surface area contributed by atoms with Crippen LogP contribution in [0.5, 0.6) is 5.75 Å². The van der Waals surface area contributed by atoms with Crippen molar-refractivity contribution in [2.24, 2.45) is 0 Å². The van der Waals surface area contributed by atoms with Gasteiger partial charge in [-0.15, -0.1) is 11.8 Å². The highest BCUT2D eigenvalue weighted by atomic mass is 32.2. The van der Waals surface area contributed by atoms with E-state index in [4.69, 9.17) is 4.74 Å². The van der Waals surface area contributed by atoms with Gasteiger partial charge >= 0.3 is 0 Å². The molecule has 1 heterocycles. The van der Waals surface area contributed by atoms with Crippen LogP contribution in [0.2, 0.25) is 0 Å². The van der Waals surface area contributed by atoms with Gasteiger partial charge in [-0.1, -0.05) is 54.6 Å². The third kappa shape index (κ3) is 7.65. The Morgan fingerprint density at radius 1 is 1.00 bits per heavy atom. The van der Waals surface area contributed by atoms with Crippen molar-refractivity contribution in [2.75, 3.05) is 18.2 Å². The number of carbonyl (C=O) groups is 3. The van der Waals surface area contributed by atoms with Gasteiger partial charge in [0.05, 0.1) is 11.9 Å². The molecule has 3 aromatic rings. The van der Waals surface area contributed by atoms with E-state index >= 15 is 0 Å². The summed E-state index contributed by atoms with van der Waals surface area (Å²) in [7, 11) is 0.